The number of benzene rings is 1. The van der Waals surface area contributed by atoms with Crippen molar-refractivity contribution in [3.63, 3.8) is 0 Å². The Balaban J connectivity index is 1.57. The minimum absolute atomic E-state index is 0.227. The van der Waals surface area contributed by atoms with Gasteiger partial charge in [0.05, 0.1) is 22.9 Å². The molecule has 0 saturated heterocycles. The molecule has 0 unspecified atom stereocenters. The summed E-state index contributed by atoms with van der Waals surface area (Å²) in [4.78, 5) is 17.3. The van der Waals surface area contributed by atoms with Crippen molar-refractivity contribution in [2.75, 3.05) is 5.32 Å². The van der Waals surface area contributed by atoms with Crippen LogP contribution in [0.5, 0.6) is 0 Å². The highest BCUT2D eigenvalue weighted by Gasteiger charge is 2.15. The smallest absolute Gasteiger partial charge is 0.257 e. The summed E-state index contributed by atoms with van der Waals surface area (Å²) in [5, 5.41) is 12.1. The number of aryl methyl sites for hydroxylation is 2. The number of carbonyl (C=O) groups excluding carboxylic acids is 1. The van der Waals surface area contributed by atoms with Gasteiger partial charge >= 0.3 is 0 Å². The van der Waals surface area contributed by atoms with Crippen molar-refractivity contribution in [3.05, 3.63) is 48.2 Å². The van der Waals surface area contributed by atoms with Gasteiger partial charge in [0.2, 0.25) is 5.13 Å². The van der Waals surface area contributed by atoms with E-state index in [1.165, 1.54) is 11.3 Å². The van der Waals surface area contributed by atoms with Gasteiger partial charge in [-0.25, -0.2) is 4.98 Å². The number of carbonyl (C=O) groups is 1. The normalized spacial score (nSPS) is 11.2. The fourth-order valence-corrected chi connectivity index (χ4v) is 3.73. The first kappa shape index (κ1) is 17.4. The predicted molar refractivity (Wildman–Crippen MR) is 105 cm³/mol. The topological polar surface area (TPSA) is 85.8 Å². The summed E-state index contributed by atoms with van der Waals surface area (Å²) in [6, 6.07) is 7.41. The maximum absolute atomic E-state index is 12.6. The van der Waals surface area contributed by atoms with Crippen LogP contribution in [0, 0.1) is 0 Å². The van der Waals surface area contributed by atoms with Crippen molar-refractivity contribution in [2.45, 2.75) is 33.2 Å². The lowest BCUT2D eigenvalue weighted by Crippen LogP contribution is -2.11. The van der Waals surface area contributed by atoms with Crippen LogP contribution in [0.1, 0.15) is 36.5 Å². The first-order valence-electron chi connectivity index (χ1n) is 8.86. The third-order valence-corrected chi connectivity index (χ3v) is 5.15. The summed E-state index contributed by atoms with van der Waals surface area (Å²) >= 11 is 1.30. The lowest BCUT2D eigenvalue weighted by molar-refractivity contribution is 0.102. The molecule has 0 bridgehead atoms. The van der Waals surface area contributed by atoms with E-state index in [1.54, 1.807) is 18.6 Å². The zero-order valence-corrected chi connectivity index (χ0v) is 15.9. The predicted octanol–water partition coefficient (Wildman–Crippen LogP) is 4.37. The Bertz CT molecular complexity index is 1080. The molecule has 3 heterocycles. The van der Waals surface area contributed by atoms with Crippen molar-refractivity contribution >= 4 is 33.4 Å². The summed E-state index contributed by atoms with van der Waals surface area (Å²) in [5.41, 5.74) is 3.28. The van der Waals surface area contributed by atoms with Crippen molar-refractivity contribution in [2.24, 2.45) is 0 Å². The second kappa shape index (κ2) is 7.32. The van der Waals surface area contributed by atoms with E-state index in [-0.39, 0.29) is 5.91 Å². The second-order valence-electron chi connectivity index (χ2n) is 6.12. The minimum atomic E-state index is -0.227. The Labute approximate surface area is 160 Å². The molecule has 138 valence electrons. The number of rotatable bonds is 6. The van der Waals surface area contributed by atoms with E-state index in [2.05, 4.69) is 38.9 Å². The van der Waals surface area contributed by atoms with Crippen molar-refractivity contribution in [1.82, 2.24) is 19.7 Å². The molecule has 0 aliphatic heterocycles. The standard InChI is InChI=1S/C19H19N5O2S/c1-3-8-24-15-6-5-12(10-14(15)20-16(24)4-2)17(25)21-19-23-22-18(27-19)13-7-9-26-11-13/h5-7,9-11H,3-4,8H2,1-2H3,(H,21,23,25). The molecule has 0 fully saturated rings. The van der Waals surface area contributed by atoms with Gasteiger partial charge in [-0.1, -0.05) is 25.2 Å². The highest BCUT2D eigenvalue weighted by atomic mass is 32.1. The minimum Gasteiger partial charge on any atom is -0.472 e. The molecule has 27 heavy (non-hydrogen) atoms. The number of furan rings is 1. The van der Waals surface area contributed by atoms with Crippen LogP contribution in [0.25, 0.3) is 21.6 Å². The van der Waals surface area contributed by atoms with Gasteiger partial charge in [0.15, 0.2) is 5.01 Å². The van der Waals surface area contributed by atoms with E-state index in [9.17, 15) is 4.79 Å². The summed E-state index contributed by atoms with van der Waals surface area (Å²) < 4.78 is 7.27. The molecule has 0 spiro atoms. The van der Waals surface area contributed by atoms with Crippen LogP contribution < -0.4 is 5.32 Å². The molecular weight excluding hydrogens is 362 g/mol. The Morgan fingerprint density at radius 3 is 2.89 bits per heavy atom. The third kappa shape index (κ3) is 3.35. The first-order chi connectivity index (χ1) is 13.2. The van der Waals surface area contributed by atoms with Crippen LogP contribution in [0.4, 0.5) is 5.13 Å². The van der Waals surface area contributed by atoms with Crippen LogP contribution >= 0.6 is 11.3 Å². The van der Waals surface area contributed by atoms with Gasteiger partial charge in [0.25, 0.3) is 5.91 Å². The fraction of sp³-hybridized carbons (Fsp3) is 0.263. The van der Waals surface area contributed by atoms with Gasteiger partial charge in [0, 0.05) is 18.5 Å². The number of imidazole rings is 1. The lowest BCUT2D eigenvalue weighted by atomic mass is 10.2. The van der Waals surface area contributed by atoms with E-state index in [0.717, 1.165) is 41.8 Å². The SMILES string of the molecule is CCCn1c(CC)nc2cc(C(=O)Nc3nnc(-c4ccoc4)s3)ccc21. The highest BCUT2D eigenvalue weighted by molar-refractivity contribution is 7.18. The Hall–Kier alpha value is -3.00. The van der Waals surface area contributed by atoms with Gasteiger partial charge in [-0.05, 0) is 30.7 Å². The molecule has 0 atom stereocenters. The largest absolute Gasteiger partial charge is 0.472 e. The highest BCUT2D eigenvalue weighted by Crippen LogP contribution is 2.27. The molecule has 7 nitrogen and oxygen atoms in total. The number of anilines is 1. The van der Waals surface area contributed by atoms with E-state index in [4.69, 9.17) is 4.42 Å². The number of hydrogen-bond donors (Lipinski definition) is 1. The maximum atomic E-state index is 12.6. The number of fused-ring (bicyclic) bond motifs is 1. The van der Waals surface area contributed by atoms with Crippen molar-refractivity contribution < 1.29 is 9.21 Å². The van der Waals surface area contributed by atoms with Crippen LogP contribution in [-0.2, 0) is 13.0 Å². The van der Waals surface area contributed by atoms with Crippen molar-refractivity contribution in [1.29, 1.82) is 0 Å². The second-order valence-corrected chi connectivity index (χ2v) is 7.09. The van der Waals surface area contributed by atoms with Crippen LogP contribution in [0.3, 0.4) is 0 Å². The summed E-state index contributed by atoms with van der Waals surface area (Å²) in [5.74, 6) is 0.813. The van der Waals surface area contributed by atoms with E-state index in [1.807, 2.05) is 18.2 Å². The average molecular weight is 381 g/mol. The molecule has 1 amide bonds. The Morgan fingerprint density at radius 1 is 1.26 bits per heavy atom. The molecule has 3 aromatic heterocycles. The summed E-state index contributed by atoms with van der Waals surface area (Å²) in [7, 11) is 0. The molecule has 1 aromatic carbocycles. The van der Waals surface area contributed by atoms with Crippen LogP contribution in [-0.4, -0.2) is 25.7 Å². The zero-order chi connectivity index (χ0) is 18.8. The van der Waals surface area contributed by atoms with Gasteiger partial charge in [0.1, 0.15) is 12.1 Å². The van der Waals surface area contributed by atoms with Gasteiger partial charge in [-0.2, -0.15) is 0 Å². The molecule has 4 rings (SSSR count). The van der Waals surface area contributed by atoms with E-state index in [0.29, 0.717) is 15.7 Å². The van der Waals surface area contributed by atoms with E-state index < -0.39 is 0 Å². The van der Waals surface area contributed by atoms with Crippen LogP contribution in [0.2, 0.25) is 0 Å². The quantitative estimate of drug-likeness (QED) is 0.536. The van der Waals surface area contributed by atoms with E-state index >= 15 is 0 Å². The number of aromatic nitrogens is 4. The Kier molecular flexibility index (Phi) is 4.72. The molecular formula is C19H19N5O2S. The lowest BCUT2D eigenvalue weighted by Gasteiger charge is -2.06. The molecule has 4 aromatic rings. The third-order valence-electron chi connectivity index (χ3n) is 4.27. The average Bonchev–Trinajstić information content (AvgIpc) is 3.41. The zero-order valence-electron chi connectivity index (χ0n) is 15.1. The fourth-order valence-electron chi connectivity index (χ4n) is 3.01. The van der Waals surface area contributed by atoms with Crippen LogP contribution in [0.15, 0.2) is 41.2 Å². The maximum Gasteiger partial charge on any atom is 0.257 e. The monoisotopic (exact) mass is 381 g/mol. The molecule has 0 aliphatic carbocycles. The number of nitrogens with zero attached hydrogens (tertiary/aromatic N) is 4. The van der Waals surface area contributed by atoms with Gasteiger partial charge in [-0.3, -0.25) is 10.1 Å². The van der Waals surface area contributed by atoms with Gasteiger partial charge < -0.3 is 8.98 Å². The number of hydrogen-bond acceptors (Lipinski definition) is 6. The van der Waals surface area contributed by atoms with Gasteiger partial charge in [-0.15, -0.1) is 10.2 Å². The number of amides is 1. The number of nitrogens with one attached hydrogen (secondary N) is 1. The van der Waals surface area contributed by atoms with Crippen molar-refractivity contribution in [3.8, 4) is 10.6 Å². The summed E-state index contributed by atoms with van der Waals surface area (Å²) in [6.45, 7) is 5.16. The molecule has 0 aliphatic rings. The first-order valence-corrected chi connectivity index (χ1v) is 9.67. The Morgan fingerprint density at radius 2 is 2.15 bits per heavy atom. The molecule has 1 N–H and O–H groups in total. The molecule has 8 heteroatoms. The molecule has 0 saturated carbocycles. The summed E-state index contributed by atoms with van der Waals surface area (Å²) in [6.07, 6.45) is 5.07. The molecule has 0 radical (unpaired) electrons.